The van der Waals surface area contributed by atoms with E-state index in [0.717, 1.165) is 24.0 Å². The highest BCUT2D eigenvalue weighted by molar-refractivity contribution is 5.82. The Labute approximate surface area is 192 Å². The normalized spacial score (nSPS) is 25.5. The van der Waals surface area contributed by atoms with Crippen molar-refractivity contribution in [1.29, 1.82) is 0 Å². The van der Waals surface area contributed by atoms with Gasteiger partial charge < -0.3 is 20.5 Å². The van der Waals surface area contributed by atoms with E-state index in [1.165, 1.54) is 11.1 Å². The van der Waals surface area contributed by atoms with Gasteiger partial charge in [-0.15, -0.1) is 0 Å². The summed E-state index contributed by atoms with van der Waals surface area (Å²) in [5.41, 5.74) is 4.67. The Bertz CT molecular complexity index is 1030. The second kappa shape index (κ2) is 8.89. The molecule has 0 saturated heterocycles. The van der Waals surface area contributed by atoms with Gasteiger partial charge in [0.15, 0.2) is 0 Å². The van der Waals surface area contributed by atoms with Gasteiger partial charge in [-0.3, -0.25) is 9.59 Å². The van der Waals surface area contributed by atoms with Gasteiger partial charge >= 0.3 is 12.1 Å². The molecule has 0 radical (unpaired) electrons. The fraction of sp³-hybridized carbons (Fsp3) is 0.423. The quantitative estimate of drug-likeness (QED) is 0.625. The van der Waals surface area contributed by atoms with Crippen LogP contribution in [0.1, 0.15) is 49.1 Å². The first kappa shape index (κ1) is 21.5. The molecule has 7 heteroatoms. The zero-order valence-electron chi connectivity index (χ0n) is 18.3. The van der Waals surface area contributed by atoms with Gasteiger partial charge in [-0.05, 0) is 47.9 Å². The van der Waals surface area contributed by atoms with Crippen LogP contribution in [0.3, 0.4) is 0 Å². The van der Waals surface area contributed by atoms with Crippen LogP contribution in [-0.2, 0) is 14.3 Å². The summed E-state index contributed by atoms with van der Waals surface area (Å²) in [6, 6.07) is 16.0. The van der Waals surface area contributed by atoms with Gasteiger partial charge in [-0.1, -0.05) is 55.0 Å². The lowest BCUT2D eigenvalue weighted by Gasteiger charge is -2.34. The number of hydrogen-bond donors (Lipinski definition) is 3. The van der Waals surface area contributed by atoms with Gasteiger partial charge in [0.05, 0.1) is 11.8 Å². The molecule has 7 nitrogen and oxygen atoms in total. The van der Waals surface area contributed by atoms with Crippen molar-refractivity contribution in [2.45, 2.75) is 50.1 Å². The Kier molecular flexibility index (Phi) is 5.79. The van der Waals surface area contributed by atoms with Gasteiger partial charge in [0.1, 0.15) is 6.61 Å². The Morgan fingerprint density at radius 3 is 2.18 bits per heavy atom. The summed E-state index contributed by atoms with van der Waals surface area (Å²) in [5, 5.41) is 14.9. The van der Waals surface area contributed by atoms with Crippen molar-refractivity contribution < 1.29 is 24.2 Å². The summed E-state index contributed by atoms with van der Waals surface area (Å²) >= 11 is 0. The lowest BCUT2D eigenvalue weighted by atomic mass is 9.80. The van der Waals surface area contributed by atoms with Crippen LogP contribution in [0.15, 0.2) is 48.5 Å². The van der Waals surface area contributed by atoms with E-state index in [1.54, 1.807) is 0 Å². The van der Waals surface area contributed by atoms with E-state index in [4.69, 9.17) is 9.84 Å². The summed E-state index contributed by atoms with van der Waals surface area (Å²) in [6.45, 7) is 0.238. The first-order valence-electron chi connectivity index (χ1n) is 11.7. The van der Waals surface area contributed by atoms with Crippen molar-refractivity contribution in [3.63, 3.8) is 0 Å². The predicted molar refractivity (Wildman–Crippen MR) is 122 cm³/mol. The highest BCUT2D eigenvalue weighted by atomic mass is 16.5. The van der Waals surface area contributed by atoms with Crippen LogP contribution in [0, 0.1) is 11.8 Å². The maximum Gasteiger partial charge on any atom is 0.407 e. The third-order valence-corrected chi connectivity index (χ3v) is 7.33. The zero-order valence-corrected chi connectivity index (χ0v) is 18.3. The number of aliphatic carboxylic acids is 1. The molecule has 0 aromatic heterocycles. The average molecular weight is 449 g/mol. The van der Waals surface area contributed by atoms with Crippen molar-refractivity contribution in [2.75, 3.05) is 6.61 Å². The first-order valence-corrected chi connectivity index (χ1v) is 11.7. The topological polar surface area (TPSA) is 105 Å². The number of carbonyl (C=O) groups is 3. The molecule has 0 aliphatic heterocycles. The predicted octanol–water partition coefficient (Wildman–Crippen LogP) is 3.67. The van der Waals surface area contributed by atoms with Gasteiger partial charge in [-0.2, -0.15) is 0 Å². The van der Waals surface area contributed by atoms with E-state index in [9.17, 15) is 14.4 Å². The van der Waals surface area contributed by atoms with Crippen LogP contribution in [0.5, 0.6) is 0 Å². The number of carboxylic acids is 1. The Hall–Kier alpha value is -3.35. The molecule has 2 fully saturated rings. The lowest BCUT2D eigenvalue weighted by molar-refractivity contribution is -0.146. The molecular weight excluding hydrogens is 420 g/mol. The minimum absolute atomic E-state index is 0.00776. The van der Waals surface area contributed by atoms with Crippen LogP contribution in [0.2, 0.25) is 0 Å². The molecular formula is C26H28N2O5. The van der Waals surface area contributed by atoms with E-state index in [1.807, 2.05) is 24.3 Å². The van der Waals surface area contributed by atoms with E-state index in [-0.39, 0.29) is 42.4 Å². The van der Waals surface area contributed by atoms with E-state index >= 15 is 0 Å². The molecule has 0 heterocycles. The third-order valence-electron chi connectivity index (χ3n) is 7.33. The fourth-order valence-electron chi connectivity index (χ4n) is 5.48. The summed E-state index contributed by atoms with van der Waals surface area (Å²) in [6.07, 6.45) is 2.72. The third kappa shape index (κ3) is 4.19. The average Bonchev–Trinajstić information content (AvgIpc) is 3.36. The SMILES string of the molecule is O=C(N[C@H]1CCC[C@H]1C(=O)NC1CC(C(=O)O)C1)OCC1c2ccccc2-c2ccccc21. The second-order valence-electron chi connectivity index (χ2n) is 9.33. The van der Waals surface area contributed by atoms with Crippen LogP contribution in [0.25, 0.3) is 11.1 Å². The molecule has 3 aliphatic rings. The highest BCUT2D eigenvalue weighted by Crippen LogP contribution is 2.44. The summed E-state index contributed by atoms with van der Waals surface area (Å²) in [5.74, 6) is -1.60. The minimum atomic E-state index is -0.809. The molecule has 0 spiro atoms. The van der Waals surface area contributed by atoms with E-state index in [0.29, 0.717) is 19.3 Å². The largest absolute Gasteiger partial charge is 0.481 e. The maximum atomic E-state index is 12.7. The molecule has 3 aliphatic carbocycles. The maximum absolute atomic E-state index is 12.7. The van der Waals surface area contributed by atoms with Crippen molar-refractivity contribution in [2.24, 2.45) is 11.8 Å². The Morgan fingerprint density at radius 2 is 1.55 bits per heavy atom. The number of carbonyl (C=O) groups excluding carboxylic acids is 2. The molecule has 2 aromatic carbocycles. The number of benzene rings is 2. The standard InChI is InChI=1S/C26H28N2O5/c29-24(27-16-12-15(13-16)25(30)31)21-10-5-11-23(21)28-26(32)33-14-22-19-8-3-1-6-17(19)18-7-2-4-9-20(18)22/h1-4,6-9,15-16,21-23H,5,10-14H2,(H,27,29)(H,28,32)(H,30,31)/t15?,16?,21-,23+/m1/s1. The monoisotopic (exact) mass is 448 g/mol. The fourth-order valence-corrected chi connectivity index (χ4v) is 5.48. The minimum Gasteiger partial charge on any atom is -0.481 e. The van der Waals surface area contributed by atoms with E-state index in [2.05, 4.69) is 34.9 Å². The molecule has 3 N–H and O–H groups in total. The Balaban J connectivity index is 1.16. The van der Waals surface area contributed by atoms with Crippen molar-refractivity contribution in [3.05, 3.63) is 59.7 Å². The molecule has 2 saturated carbocycles. The zero-order chi connectivity index (χ0) is 22.9. The van der Waals surface area contributed by atoms with Crippen molar-refractivity contribution in [3.8, 4) is 11.1 Å². The molecule has 2 atom stereocenters. The van der Waals surface area contributed by atoms with E-state index < -0.39 is 12.1 Å². The second-order valence-corrected chi connectivity index (χ2v) is 9.33. The molecule has 5 rings (SSSR count). The number of hydrogen-bond acceptors (Lipinski definition) is 4. The number of carboxylic acid groups (broad SMARTS) is 1. The summed E-state index contributed by atoms with van der Waals surface area (Å²) < 4.78 is 5.64. The number of ether oxygens (including phenoxy) is 1. The van der Waals surface area contributed by atoms with Crippen LogP contribution in [-0.4, -0.2) is 41.8 Å². The molecule has 2 aromatic rings. The van der Waals surface area contributed by atoms with Gasteiger partial charge in [0, 0.05) is 18.0 Å². The first-order chi connectivity index (χ1) is 16.0. The molecule has 33 heavy (non-hydrogen) atoms. The molecule has 0 bridgehead atoms. The number of rotatable bonds is 6. The molecule has 2 amide bonds. The van der Waals surface area contributed by atoms with Crippen LogP contribution >= 0.6 is 0 Å². The van der Waals surface area contributed by atoms with Crippen LogP contribution in [0.4, 0.5) is 4.79 Å². The number of fused-ring (bicyclic) bond motifs is 3. The van der Waals surface area contributed by atoms with Crippen LogP contribution < -0.4 is 10.6 Å². The molecule has 172 valence electrons. The Morgan fingerprint density at radius 1 is 0.909 bits per heavy atom. The summed E-state index contributed by atoms with van der Waals surface area (Å²) in [4.78, 5) is 36.3. The lowest BCUT2D eigenvalue weighted by Crippen LogP contribution is -2.51. The molecule has 0 unspecified atom stereocenters. The smallest absolute Gasteiger partial charge is 0.407 e. The number of alkyl carbamates (subject to hydrolysis) is 1. The van der Waals surface area contributed by atoms with Crippen molar-refractivity contribution >= 4 is 18.0 Å². The number of amides is 2. The van der Waals surface area contributed by atoms with Gasteiger partial charge in [0.25, 0.3) is 0 Å². The summed E-state index contributed by atoms with van der Waals surface area (Å²) in [7, 11) is 0. The van der Waals surface area contributed by atoms with Crippen molar-refractivity contribution in [1.82, 2.24) is 10.6 Å². The van der Waals surface area contributed by atoms with Gasteiger partial charge in [0.2, 0.25) is 5.91 Å². The van der Waals surface area contributed by atoms with Gasteiger partial charge in [-0.25, -0.2) is 4.79 Å². The number of nitrogens with one attached hydrogen (secondary N) is 2. The highest BCUT2D eigenvalue weighted by Gasteiger charge is 2.39.